The van der Waals surface area contributed by atoms with Crippen molar-refractivity contribution in [2.45, 2.75) is 38.6 Å². The Morgan fingerprint density at radius 2 is 2.10 bits per heavy atom. The van der Waals surface area contributed by atoms with E-state index in [1.54, 1.807) is 0 Å². The molecule has 58 valence electrons. The minimum atomic E-state index is 0.559. The van der Waals surface area contributed by atoms with Crippen LogP contribution in [0.3, 0.4) is 0 Å². The van der Waals surface area contributed by atoms with E-state index in [2.05, 4.69) is 6.92 Å². The van der Waals surface area contributed by atoms with E-state index in [0.29, 0.717) is 6.04 Å². The van der Waals surface area contributed by atoms with Gasteiger partial charge in [-0.25, -0.2) is 0 Å². The van der Waals surface area contributed by atoms with Crippen molar-refractivity contribution in [1.82, 2.24) is 0 Å². The first-order valence-electron chi connectivity index (χ1n) is 4.54. The highest BCUT2D eigenvalue weighted by molar-refractivity contribution is 4.94. The molecule has 0 aromatic heterocycles. The van der Waals surface area contributed by atoms with E-state index in [-0.39, 0.29) is 0 Å². The van der Waals surface area contributed by atoms with Gasteiger partial charge in [0.15, 0.2) is 0 Å². The normalized spacial score (nSPS) is 53.4. The highest BCUT2D eigenvalue weighted by Crippen LogP contribution is 2.44. The molecule has 2 fully saturated rings. The van der Waals surface area contributed by atoms with E-state index in [1.165, 1.54) is 25.7 Å². The van der Waals surface area contributed by atoms with Gasteiger partial charge in [-0.05, 0) is 37.0 Å². The minimum Gasteiger partial charge on any atom is -0.327 e. The highest BCUT2D eigenvalue weighted by Gasteiger charge is 2.40. The summed E-state index contributed by atoms with van der Waals surface area (Å²) < 4.78 is 0. The van der Waals surface area contributed by atoms with E-state index in [4.69, 9.17) is 5.73 Å². The lowest BCUT2D eigenvalue weighted by Crippen LogP contribution is -2.35. The van der Waals surface area contributed by atoms with Crippen LogP contribution in [0.1, 0.15) is 32.6 Å². The largest absolute Gasteiger partial charge is 0.327 e. The molecule has 0 aliphatic heterocycles. The molecular formula is C9H17N. The lowest BCUT2D eigenvalue weighted by Gasteiger charge is -2.27. The third-order valence-corrected chi connectivity index (χ3v) is 3.56. The second-order valence-electron chi connectivity index (χ2n) is 4.15. The minimum absolute atomic E-state index is 0.559. The number of hydrogen-bond acceptors (Lipinski definition) is 1. The third kappa shape index (κ3) is 0.800. The molecule has 0 saturated heterocycles. The Labute approximate surface area is 63.0 Å². The molecule has 2 aliphatic rings. The van der Waals surface area contributed by atoms with Crippen LogP contribution in [0.15, 0.2) is 0 Å². The maximum Gasteiger partial charge on any atom is 0.00982 e. The molecule has 2 N–H and O–H groups in total. The zero-order chi connectivity index (χ0) is 7.14. The fourth-order valence-corrected chi connectivity index (χ4v) is 2.94. The molecule has 4 unspecified atom stereocenters. The number of hydrogen-bond donors (Lipinski definition) is 1. The quantitative estimate of drug-likeness (QED) is 0.544. The second-order valence-corrected chi connectivity index (χ2v) is 4.15. The molecule has 1 heteroatoms. The third-order valence-electron chi connectivity index (χ3n) is 3.56. The van der Waals surface area contributed by atoms with Crippen LogP contribution in [0.25, 0.3) is 0 Å². The molecule has 2 saturated carbocycles. The lowest BCUT2D eigenvalue weighted by molar-refractivity contribution is 0.285. The zero-order valence-electron chi connectivity index (χ0n) is 6.72. The predicted molar refractivity (Wildman–Crippen MR) is 42.6 cm³/mol. The molecule has 2 bridgehead atoms. The Morgan fingerprint density at radius 3 is 2.70 bits per heavy atom. The van der Waals surface area contributed by atoms with Gasteiger partial charge in [-0.3, -0.25) is 0 Å². The van der Waals surface area contributed by atoms with E-state index in [0.717, 1.165) is 17.8 Å². The second kappa shape index (κ2) is 2.23. The Balaban J connectivity index is 2.14. The standard InChI is InChI=1S/C9H17N/c1-6-5-7-3-2-4-8(6)9(7)10/h6-9H,2-5,10H2,1H3. The summed E-state index contributed by atoms with van der Waals surface area (Å²) >= 11 is 0. The fourth-order valence-electron chi connectivity index (χ4n) is 2.94. The maximum absolute atomic E-state index is 6.07. The molecule has 0 aromatic carbocycles. The van der Waals surface area contributed by atoms with Crippen molar-refractivity contribution in [1.29, 1.82) is 0 Å². The van der Waals surface area contributed by atoms with Crippen molar-refractivity contribution < 1.29 is 0 Å². The predicted octanol–water partition coefficient (Wildman–Crippen LogP) is 1.77. The first-order valence-corrected chi connectivity index (χ1v) is 4.54. The van der Waals surface area contributed by atoms with Crippen molar-refractivity contribution in [3.8, 4) is 0 Å². The smallest absolute Gasteiger partial charge is 0.00982 e. The van der Waals surface area contributed by atoms with Gasteiger partial charge in [-0.2, -0.15) is 0 Å². The van der Waals surface area contributed by atoms with Crippen LogP contribution in [0.2, 0.25) is 0 Å². The molecule has 0 heterocycles. The number of fused-ring (bicyclic) bond motifs is 2. The van der Waals surface area contributed by atoms with Gasteiger partial charge < -0.3 is 5.73 Å². The van der Waals surface area contributed by atoms with E-state index < -0.39 is 0 Å². The summed E-state index contributed by atoms with van der Waals surface area (Å²) in [6.07, 6.45) is 5.65. The molecule has 10 heavy (non-hydrogen) atoms. The Bertz CT molecular complexity index is 133. The summed E-state index contributed by atoms with van der Waals surface area (Å²) in [5.41, 5.74) is 6.07. The van der Waals surface area contributed by atoms with Gasteiger partial charge in [0.05, 0.1) is 0 Å². The van der Waals surface area contributed by atoms with Gasteiger partial charge in [0.1, 0.15) is 0 Å². The molecule has 2 aliphatic carbocycles. The van der Waals surface area contributed by atoms with E-state index in [1.807, 2.05) is 0 Å². The molecule has 0 amide bonds. The molecule has 4 atom stereocenters. The Kier molecular flexibility index (Phi) is 1.48. The van der Waals surface area contributed by atoms with Crippen LogP contribution < -0.4 is 5.73 Å². The average Bonchev–Trinajstić information content (AvgIpc) is 2.16. The van der Waals surface area contributed by atoms with Crippen LogP contribution in [-0.4, -0.2) is 6.04 Å². The van der Waals surface area contributed by atoms with Crippen LogP contribution in [0, 0.1) is 17.8 Å². The van der Waals surface area contributed by atoms with Crippen molar-refractivity contribution >= 4 is 0 Å². The highest BCUT2D eigenvalue weighted by atomic mass is 14.7. The zero-order valence-corrected chi connectivity index (χ0v) is 6.72. The van der Waals surface area contributed by atoms with Crippen LogP contribution in [-0.2, 0) is 0 Å². The van der Waals surface area contributed by atoms with Gasteiger partial charge in [0.2, 0.25) is 0 Å². The van der Waals surface area contributed by atoms with Crippen LogP contribution in [0.5, 0.6) is 0 Å². The van der Waals surface area contributed by atoms with Gasteiger partial charge in [-0.1, -0.05) is 13.3 Å². The van der Waals surface area contributed by atoms with Crippen molar-refractivity contribution in [3.63, 3.8) is 0 Å². The molecule has 0 radical (unpaired) electrons. The van der Waals surface area contributed by atoms with Gasteiger partial charge >= 0.3 is 0 Å². The Morgan fingerprint density at radius 1 is 1.30 bits per heavy atom. The van der Waals surface area contributed by atoms with Crippen LogP contribution >= 0.6 is 0 Å². The number of nitrogens with two attached hydrogens (primary N) is 1. The molecule has 2 rings (SSSR count). The van der Waals surface area contributed by atoms with Gasteiger partial charge in [0, 0.05) is 6.04 Å². The first-order chi connectivity index (χ1) is 4.79. The summed E-state index contributed by atoms with van der Waals surface area (Å²) in [5, 5.41) is 0. The molecule has 0 spiro atoms. The Hall–Kier alpha value is -0.0400. The summed E-state index contributed by atoms with van der Waals surface area (Å²) in [7, 11) is 0. The summed E-state index contributed by atoms with van der Waals surface area (Å²) in [6.45, 7) is 2.37. The fraction of sp³-hybridized carbons (Fsp3) is 1.00. The van der Waals surface area contributed by atoms with Gasteiger partial charge in [0.25, 0.3) is 0 Å². The van der Waals surface area contributed by atoms with E-state index in [9.17, 15) is 0 Å². The summed E-state index contributed by atoms with van der Waals surface area (Å²) in [6, 6.07) is 0.559. The topological polar surface area (TPSA) is 26.0 Å². The summed E-state index contributed by atoms with van der Waals surface area (Å²) in [4.78, 5) is 0. The van der Waals surface area contributed by atoms with Crippen LogP contribution in [0.4, 0.5) is 0 Å². The average molecular weight is 139 g/mol. The van der Waals surface area contributed by atoms with Gasteiger partial charge in [-0.15, -0.1) is 0 Å². The molecule has 1 nitrogen and oxygen atoms in total. The van der Waals surface area contributed by atoms with Crippen molar-refractivity contribution in [3.05, 3.63) is 0 Å². The number of rotatable bonds is 0. The van der Waals surface area contributed by atoms with E-state index >= 15 is 0 Å². The molecule has 0 aromatic rings. The first kappa shape index (κ1) is 6.66. The summed E-state index contributed by atoms with van der Waals surface area (Å²) in [5.74, 6) is 2.68. The van der Waals surface area contributed by atoms with Crippen molar-refractivity contribution in [2.75, 3.05) is 0 Å². The van der Waals surface area contributed by atoms with Crippen molar-refractivity contribution in [2.24, 2.45) is 23.5 Å². The monoisotopic (exact) mass is 139 g/mol. The SMILES string of the molecule is CC1CC2CCCC1C2N. The maximum atomic E-state index is 6.07. The molecular weight excluding hydrogens is 122 g/mol. The lowest BCUT2D eigenvalue weighted by atomic mass is 9.83.